The summed E-state index contributed by atoms with van der Waals surface area (Å²) in [5.41, 5.74) is 0.690. The molecule has 0 saturated heterocycles. The van der Waals surface area contributed by atoms with Crippen LogP contribution in [0.5, 0.6) is 0 Å². The maximum atomic E-state index is 11.3. The molecule has 17 heavy (non-hydrogen) atoms. The van der Waals surface area contributed by atoms with Crippen LogP contribution in [-0.4, -0.2) is 19.0 Å². The second-order valence-electron chi connectivity index (χ2n) is 3.60. The van der Waals surface area contributed by atoms with Gasteiger partial charge in [0, 0.05) is 0 Å². The summed E-state index contributed by atoms with van der Waals surface area (Å²) in [6.07, 6.45) is 2.96. The molecule has 0 aliphatic heterocycles. The Bertz CT molecular complexity index is 351. The average Bonchev–Trinajstić information content (AvgIpc) is 2.37. The molecule has 0 aliphatic rings. The summed E-state index contributed by atoms with van der Waals surface area (Å²) in [4.78, 5) is 22.1. The number of benzene rings is 1. The van der Waals surface area contributed by atoms with Crippen molar-refractivity contribution in [2.75, 3.05) is 6.61 Å². The van der Waals surface area contributed by atoms with E-state index in [1.165, 1.54) is 0 Å². The fraction of sp³-hybridized carbons (Fsp3) is 0.385. The Morgan fingerprint density at radius 1 is 1.41 bits per heavy atom. The molecule has 1 atom stereocenters. The lowest BCUT2D eigenvalue weighted by Gasteiger charge is -2.12. The highest BCUT2D eigenvalue weighted by molar-refractivity contribution is 5.74. The van der Waals surface area contributed by atoms with Crippen LogP contribution in [0.2, 0.25) is 0 Å². The number of hydrogen-bond donors (Lipinski definition) is 1. The summed E-state index contributed by atoms with van der Waals surface area (Å²) in [5.74, 6) is 0. The van der Waals surface area contributed by atoms with E-state index in [2.05, 4.69) is 5.32 Å². The maximum Gasteiger partial charge on any atom is 0.407 e. The SMILES string of the molecule is CCCCOC(=O)NC([C]=O)c1ccccc1. The first-order valence-electron chi connectivity index (χ1n) is 5.63. The van der Waals surface area contributed by atoms with Crippen molar-refractivity contribution in [3.05, 3.63) is 35.9 Å². The van der Waals surface area contributed by atoms with Gasteiger partial charge < -0.3 is 10.1 Å². The minimum atomic E-state index is -0.773. The van der Waals surface area contributed by atoms with E-state index in [-0.39, 0.29) is 0 Å². The van der Waals surface area contributed by atoms with Crippen LogP contribution in [0.1, 0.15) is 31.4 Å². The Morgan fingerprint density at radius 2 is 2.12 bits per heavy atom. The molecule has 4 heteroatoms. The quantitative estimate of drug-likeness (QED) is 0.769. The van der Waals surface area contributed by atoms with Gasteiger partial charge in [0.2, 0.25) is 6.29 Å². The Labute approximate surface area is 101 Å². The topological polar surface area (TPSA) is 55.4 Å². The third-order valence-electron chi connectivity index (χ3n) is 2.24. The van der Waals surface area contributed by atoms with E-state index < -0.39 is 12.1 Å². The lowest BCUT2D eigenvalue weighted by molar-refractivity contribution is 0.143. The molecule has 91 valence electrons. The summed E-state index contributed by atoms with van der Waals surface area (Å²) < 4.78 is 4.91. The predicted octanol–water partition coefficient (Wildman–Crippen LogP) is 2.36. The lowest BCUT2D eigenvalue weighted by Crippen LogP contribution is -2.30. The van der Waals surface area contributed by atoms with E-state index in [0.717, 1.165) is 12.8 Å². The first-order valence-corrected chi connectivity index (χ1v) is 5.63. The molecule has 1 N–H and O–H groups in total. The van der Waals surface area contributed by atoms with Gasteiger partial charge in [-0.2, -0.15) is 0 Å². The van der Waals surface area contributed by atoms with Crippen molar-refractivity contribution in [3.63, 3.8) is 0 Å². The van der Waals surface area contributed by atoms with Crippen molar-refractivity contribution < 1.29 is 14.3 Å². The van der Waals surface area contributed by atoms with E-state index in [0.29, 0.717) is 12.2 Å². The van der Waals surface area contributed by atoms with Crippen LogP contribution in [0.3, 0.4) is 0 Å². The second-order valence-corrected chi connectivity index (χ2v) is 3.60. The third kappa shape index (κ3) is 4.68. The fourth-order valence-electron chi connectivity index (χ4n) is 1.30. The normalized spacial score (nSPS) is 11.6. The van der Waals surface area contributed by atoms with Crippen molar-refractivity contribution >= 4 is 12.4 Å². The number of amides is 1. The van der Waals surface area contributed by atoms with Crippen LogP contribution >= 0.6 is 0 Å². The highest BCUT2D eigenvalue weighted by atomic mass is 16.5. The molecule has 0 aromatic heterocycles. The van der Waals surface area contributed by atoms with Gasteiger partial charge in [-0.05, 0) is 12.0 Å². The first-order chi connectivity index (χ1) is 8.27. The minimum Gasteiger partial charge on any atom is -0.450 e. The summed E-state index contributed by atoms with van der Waals surface area (Å²) in [5, 5.41) is 2.46. The molecule has 1 aromatic rings. The Hall–Kier alpha value is -1.84. The van der Waals surface area contributed by atoms with Gasteiger partial charge in [-0.1, -0.05) is 43.7 Å². The highest BCUT2D eigenvalue weighted by Crippen LogP contribution is 2.09. The van der Waals surface area contributed by atoms with Crippen LogP contribution in [0.4, 0.5) is 4.79 Å². The van der Waals surface area contributed by atoms with Crippen LogP contribution < -0.4 is 5.32 Å². The number of unbranched alkanes of at least 4 members (excludes halogenated alkanes) is 1. The Morgan fingerprint density at radius 3 is 2.71 bits per heavy atom. The highest BCUT2D eigenvalue weighted by Gasteiger charge is 2.14. The van der Waals surface area contributed by atoms with Crippen molar-refractivity contribution in [2.24, 2.45) is 0 Å². The van der Waals surface area contributed by atoms with Crippen LogP contribution in [0, 0.1) is 0 Å². The molecular formula is C13H16NO3. The Kier molecular flexibility index (Phi) is 5.79. The average molecular weight is 234 g/mol. The van der Waals surface area contributed by atoms with Gasteiger partial charge in [-0.3, -0.25) is 4.79 Å². The van der Waals surface area contributed by atoms with Gasteiger partial charge in [0.1, 0.15) is 6.04 Å². The number of nitrogens with one attached hydrogen (secondary N) is 1. The first kappa shape index (κ1) is 13.2. The number of hydrogen-bond acceptors (Lipinski definition) is 3. The molecule has 0 heterocycles. The smallest absolute Gasteiger partial charge is 0.407 e. The van der Waals surface area contributed by atoms with Crippen LogP contribution in [0.15, 0.2) is 30.3 Å². The molecule has 0 fully saturated rings. The number of carbonyl (C=O) groups is 1. The zero-order chi connectivity index (χ0) is 12.5. The van der Waals surface area contributed by atoms with Gasteiger partial charge in [-0.15, -0.1) is 0 Å². The Balaban J connectivity index is 2.47. The van der Waals surface area contributed by atoms with Gasteiger partial charge in [-0.25, -0.2) is 4.79 Å². The van der Waals surface area contributed by atoms with Gasteiger partial charge in [0.15, 0.2) is 0 Å². The van der Waals surface area contributed by atoms with Crippen LogP contribution in [-0.2, 0) is 9.53 Å². The van der Waals surface area contributed by atoms with Crippen LogP contribution in [0.25, 0.3) is 0 Å². The minimum absolute atomic E-state index is 0.364. The molecule has 4 nitrogen and oxygen atoms in total. The summed E-state index contributed by atoms with van der Waals surface area (Å²) in [6.45, 7) is 2.37. The zero-order valence-electron chi connectivity index (χ0n) is 9.81. The van der Waals surface area contributed by atoms with Crippen molar-refractivity contribution in [2.45, 2.75) is 25.8 Å². The monoisotopic (exact) mass is 234 g/mol. The van der Waals surface area contributed by atoms with E-state index in [4.69, 9.17) is 4.74 Å². The summed E-state index contributed by atoms with van der Waals surface area (Å²) >= 11 is 0. The fourth-order valence-corrected chi connectivity index (χ4v) is 1.30. The number of ether oxygens (including phenoxy) is 1. The molecule has 0 spiro atoms. The third-order valence-corrected chi connectivity index (χ3v) is 2.24. The second kappa shape index (κ2) is 7.44. The molecule has 1 aromatic carbocycles. The number of rotatable bonds is 6. The van der Waals surface area contributed by atoms with Crippen molar-refractivity contribution in [3.8, 4) is 0 Å². The van der Waals surface area contributed by atoms with Gasteiger partial charge in [0.05, 0.1) is 6.61 Å². The molecule has 1 amide bonds. The number of alkyl carbamates (subject to hydrolysis) is 1. The predicted molar refractivity (Wildman–Crippen MR) is 64.3 cm³/mol. The summed E-state index contributed by atoms with van der Waals surface area (Å²) in [7, 11) is 0. The molecule has 1 unspecified atom stereocenters. The van der Waals surface area contributed by atoms with Crippen molar-refractivity contribution in [1.29, 1.82) is 0 Å². The van der Waals surface area contributed by atoms with Gasteiger partial charge >= 0.3 is 6.09 Å². The molecule has 0 aliphatic carbocycles. The molecule has 0 bridgehead atoms. The summed E-state index contributed by atoms with van der Waals surface area (Å²) in [6, 6.07) is 8.16. The van der Waals surface area contributed by atoms with Gasteiger partial charge in [0.25, 0.3) is 0 Å². The van der Waals surface area contributed by atoms with E-state index in [9.17, 15) is 9.59 Å². The molecule has 1 rings (SSSR count). The lowest BCUT2D eigenvalue weighted by atomic mass is 10.1. The molecule has 0 saturated carbocycles. The van der Waals surface area contributed by atoms with Crippen molar-refractivity contribution in [1.82, 2.24) is 5.32 Å². The standard InChI is InChI=1S/C13H16NO3/c1-2-3-9-17-13(16)14-12(10-15)11-7-5-4-6-8-11/h4-8,12H,2-3,9H2,1H3,(H,14,16). The molecular weight excluding hydrogens is 218 g/mol. The van der Waals surface area contributed by atoms with E-state index in [1.54, 1.807) is 30.6 Å². The van der Waals surface area contributed by atoms with E-state index >= 15 is 0 Å². The largest absolute Gasteiger partial charge is 0.450 e. The molecule has 1 radical (unpaired) electrons. The maximum absolute atomic E-state index is 11.3. The van der Waals surface area contributed by atoms with E-state index in [1.807, 2.05) is 13.0 Å². The zero-order valence-corrected chi connectivity index (χ0v) is 9.81. The number of carbonyl (C=O) groups excluding carboxylic acids is 2.